The van der Waals surface area contributed by atoms with Crippen molar-refractivity contribution < 1.29 is 0 Å². The van der Waals surface area contributed by atoms with E-state index in [-0.39, 0.29) is 0 Å². The number of benzene rings is 1. The van der Waals surface area contributed by atoms with Crippen molar-refractivity contribution in [1.82, 2.24) is 5.32 Å². The Morgan fingerprint density at radius 1 is 1.24 bits per heavy atom. The van der Waals surface area contributed by atoms with Crippen molar-refractivity contribution >= 4 is 0 Å². The highest BCUT2D eigenvalue weighted by atomic mass is 14.9. The van der Waals surface area contributed by atoms with Gasteiger partial charge in [-0.1, -0.05) is 50.6 Å². The van der Waals surface area contributed by atoms with Crippen molar-refractivity contribution in [2.75, 3.05) is 7.05 Å². The topological polar surface area (TPSA) is 12.0 Å². The largest absolute Gasteiger partial charge is 0.316 e. The number of nitrogens with one attached hydrogen (secondary N) is 1. The van der Waals surface area contributed by atoms with Crippen LogP contribution in [0.3, 0.4) is 0 Å². The summed E-state index contributed by atoms with van der Waals surface area (Å²) in [6.45, 7) is 9.08. The van der Waals surface area contributed by atoms with E-state index in [1.807, 2.05) is 0 Å². The summed E-state index contributed by atoms with van der Waals surface area (Å²) in [6, 6.07) is 9.45. The molecule has 1 unspecified atom stereocenters. The van der Waals surface area contributed by atoms with Crippen molar-refractivity contribution in [3.63, 3.8) is 0 Å². The van der Waals surface area contributed by atoms with Crippen LogP contribution in [0.1, 0.15) is 44.7 Å². The summed E-state index contributed by atoms with van der Waals surface area (Å²) in [5, 5.41) is 3.44. The lowest BCUT2D eigenvalue weighted by Gasteiger charge is -2.30. The van der Waals surface area contributed by atoms with E-state index in [4.69, 9.17) is 0 Å². The van der Waals surface area contributed by atoms with Crippen LogP contribution < -0.4 is 5.32 Å². The summed E-state index contributed by atoms with van der Waals surface area (Å²) in [6.07, 6.45) is 3.69. The van der Waals surface area contributed by atoms with Crippen LogP contribution in [0.5, 0.6) is 0 Å². The van der Waals surface area contributed by atoms with Gasteiger partial charge in [-0.25, -0.2) is 0 Å². The number of hydrogen-bond donors (Lipinski definition) is 1. The summed E-state index contributed by atoms with van der Waals surface area (Å²) in [7, 11) is 2.07. The Labute approximate surface area is 107 Å². The summed E-state index contributed by atoms with van der Waals surface area (Å²) in [5.74, 6) is 0. The van der Waals surface area contributed by atoms with Crippen LogP contribution in [0.15, 0.2) is 24.3 Å². The fraction of sp³-hybridized carbons (Fsp3) is 0.625. The van der Waals surface area contributed by atoms with Gasteiger partial charge in [0.25, 0.3) is 0 Å². The van der Waals surface area contributed by atoms with Crippen LogP contribution in [0, 0.1) is 12.3 Å². The Balaban J connectivity index is 2.42. The Hall–Kier alpha value is -0.820. The highest BCUT2D eigenvalue weighted by Crippen LogP contribution is 2.23. The first-order valence-electron chi connectivity index (χ1n) is 6.66. The fourth-order valence-electron chi connectivity index (χ4n) is 2.39. The molecule has 96 valence electrons. The third-order valence-corrected chi connectivity index (χ3v) is 3.43. The van der Waals surface area contributed by atoms with Gasteiger partial charge in [0.1, 0.15) is 0 Å². The number of hydrogen-bond acceptors (Lipinski definition) is 1. The maximum absolute atomic E-state index is 3.44. The first-order valence-corrected chi connectivity index (χ1v) is 6.66. The van der Waals surface area contributed by atoms with Crippen molar-refractivity contribution in [1.29, 1.82) is 0 Å². The third-order valence-electron chi connectivity index (χ3n) is 3.43. The molecule has 0 bridgehead atoms. The predicted octanol–water partition coefficient (Wildman–Crippen LogP) is 3.95. The molecule has 1 N–H and O–H groups in total. The second kappa shape index (κ2) is 6.20. The monoisotopic (exact) mass is 233 g/mol. The quantitative estimate of drug-likeness (QED) is 0.812. The van der Waals surface area contributed by atoms with Crippen LogP contribution >= 0.6 is 0 Å². The zero-order chi connectivity index (χ0) is 12.9. The standard InChI is InChI=1S/C16H27N/c1-13-8-6-9-14(12-13)10-7-11-15(17-5)16(2,3)4/h6,8-9,12,15,17H,7,10-11H2,1-5H3. The second-order valence-corrected chi connectivity index (χ2v) is 6.09. The number of rotatable bonds is 5. The first kappa shape index (κ1) is 14.2. The van der Waals surface area contributed by atoms with E-state index >= 15 is 0 Å². The molecule has 0 saturated heterocycles. The zero-order valence-electron chi connectivity index (χ0n) is 12.0. The molecule has 1 heteroatoms. The minimum Gasteiger partial charge on any atom is -0.316 e. The molecule has 0 aliphatic rings. The molecule has 0 aliphatic heterocycles. The van der Waals surface area contributed by atoms with Gasteiger partial charge in [-0.2, -0.15) is 0 Å². The average Bonchev–Trinajstić information content (AvgIpc) is 2.22. The molecule has 1 aromatic rings. The lowest BCUT2D eigenvalue weighted by molar-refractivity contribution is 0.263. The Kier molecular flexibility index (Phi) is 5.20. The van der Waals surface area contributed by atoms with Crippen LogP contribution in [0.2, 0.25) is 0 Å². The molecule has 1 rings (SSSR count). The van der Waals surface area contributed by atoms with E-state index in [2.05, 4.69) is 64.3 Å². The molecule has 17 heavy (non-hydrogen) atoms. The van der Waals surface area contributed by atoms with E-state index in [1.54, 1.807) is 0 Å². The molecule has 0 aliphatic carbocycles. The van der Waals surface area contributed by atoms with E-state index in [0.717, 1.165) is 0 Å². The first-order chi connectivity index (χ1) is 7.93. The zero-order valence-corrected chi connectivity index (χ0v) is 12.0. The summed E-state index contributed by atoms with van der Waals surface area (Å²) < 4.78 is 0. The normalized spacial score (nSPS) is 13.7. The maximum atomic E-state index is 3.44. The van der Waals surface area contributed by atoms with Crippen LogP contribution in [-0.2, 0) is 6.42 Å². The number of aryl methyl sites for hydroxylation is 2. The molecule has 0 aromatic heterocycles. The lowest BCUT2D eigenvalue weighted by Crippen LogP contribution is -2.37. The molecular weight excluding hydrogens is 206 g/mol. The van der Waals surface area contributed by atoms with Gasteiger partial charge < -0.3 is 5.32 Å². The molecule has 1 aromatic carbocycles. The minimum atomic E-state index is 0.349. The molecule has 0 radical (unpaired) electrons. The minimum absolute atomic E-state index is 0.349. The van der Waals surface area contributed by atoms with Crippen molar-refractivity contribution in [3.05, 3.63) is 35.4 Å². The summed E-state index contributed by atoms with van der Waals surface area (Å²) in [4.78, 5) is 0. The van der Waals surface area contributed by atoms with Crippen LogP contribution in [-0.4, -0.2) is 13.1 Å². The van der Waals surface area contributed by atoms with Gasteiger partial charge >= 0.3 is 0 Å². The lowest BCUT2D eigenvalue weighted by atomic mass is 9.83. The Morgan fingerprint density at radius 3 is 2.47 bits per heavy atom. The van der Waals surface area contributed by atoms with Crippen molar-refractivity contribution in [2.45, 2.75) is 53.0 Å². The van der Waals surface area contributed by atoms with Gasteiger partial charge in [0.2, 0.25) is 0 Å². The van der Waals surface area contributed by atoms with Gasteiger partial charge in [0.15, 0.2) is 0 Å². The van der Waals surface area contributed by atoms with Crippen LogP contribution in [0.25, 0.3) is 0 Å². The van der Waals surface area contributed by atoms with E-state index in [9.17, 15) is 0 Å². The predicted molar refractivity (Wildman–Crippen MR) is 76.4 cm³/mol. The fourth-order valence-corrected chi connectivity index (χ4v) is 2.39. The molecule has 1 nitrogen and oxygen atoms in total. The molecule has 0 heterocycles. The molecule has 0 fully saturated rings. The van der Waals surface area contributed by atoms with E-state index in [0.29, 0.717) is 11.5 Å². The van der Waals surface area contributed by atoms with Gasteiger partial charge in [-0.05, 0) is 44.2 Å². The maximum Gasteiger partial charge on any atom is 0.0113 e. The van der Waals surface area contributed by atoms with E-state index in [1.165, 1.54) is 30.4 Å². The molecule has 1 atom stereocenters. The second-order valence-electron chi connectivity index (χ2n) is 6.09. The SMILES string of the molecule is CNC(CCCc1cccc(C)c1)C(C)(C)C. The highest BCUT2D eigenvalue weighted by molar-refractivity contribution is 5.22. The molecule has 0 saturated carbocycles. The third kappa shape index (κ3) is 4.91. The Bertz CT molecular complexity index is 336. The van der Waals surface area contributed by atoms with E-state index < -0.39 is 0 Å². The van der Waals surface area contributed by atoms with Gasteiger partial charge in [0, 0.05) is 6.04 Å². The average molecular weight is 233 g/mol. The molecule has 0 amide bonds. The molecular formula is C16H27N. The van der Waals surface area contributed by atoms with Gasteiger partial charge in [-0.3, -0.25) is 0 Å². The van der Waals surface area contributed by atoms with Gasteiger partial charge in [0.05, 0.1) is 0 Å². The smallest absolute Gasteiger partial charge is 0.0113 e. The van der Waals surface area contributed by atoms with Crippen molar-refractivity contribution in [2.24, 2.45) is 5.41 Å². The van der Waals surface area contributed by atoms with Crippen molar-refractivity contribution in [3.8, 4) is 0 Å². The Morgan fingerprint density at radius 2 is 1.94 bits per heavy atom. The van der Waals surface area contributed by atoms with Gasteiger partial charge in [-0.15, -0.1) is 0 Å². The van der Waals surface area contributed by atoms with Crippen LogP contribution in [0.4, 0.5) is 0 Å². The highest BCUT2D eigenvalue weighted by Gasteiger charge is 2.21. The molecule has 0 spiro atoms. The summed E-state index contributed by atoms with van der Waals surface area (Å²) in [5.41, 5.74) is 3.18. The summed E-state index contributed by atoms with van der Waals surface area (Å²) >= 11 is 0.